The second-order valence-corrected chi connectivity index (χ2v) is 6.21. The van der Waals surface area contributed by atoms with Crippen molar-refractivity contribution < 1.29 is 0 Å². The van der Waals surface area contributed by atoms with Crippen LogP contribution in [-0.4, -0.2) is 15.2 Å². The maximum Gasteiger partial charge on any atom is 0.182 e. The zero-order chi connectivity index (χ0) is 17.9. The minimum absolute atomic E-state index is 0.591. The highest BCUT2D eigenvalue weighted by atomic mass is 15.1. The van der Waals surface area contributed by atoms with Crippen molar-refractivity contribution in [2.45, 2.75) is 19.8 Å². The van der Waals surface area contributed by atoms with Gasteiger partial charge >= 0.3 is 0 Å². The molecule has 2 heterocycles. The molecule has 0 amide bonds. The van der Waals surface area contributed by atoms with Crippen LogP contribution < -0.4 is 0 Å². The summed E-state index contributed by atoms with van der Waals surface area (Å²) < 4.78 is 0. The van der Waals surface area contributed by atoms with Gasteiger partial charge in [-0.25, -0.2) is 4.98 Å². The summed E-state index contributed by atoms with van der Waals surface area (Å²) in [5, 5.41) is 18.5. The van der Waals surface area contributed by atoms with Crippen molar-refractivity contribution in [3.8, 4) is 28.5 Å². The van der Waals surface area contributed by atoms with Crippen LogP contribution in [0.3, 0.4) is 0 Å². The molecule has 0 fully saturated rings. The van der Waals surface area contributed by atoms with E-state index in [4.69, 9.17) is 4.98 Å². The Morgan fingerprint density at radius 1 is 0.962 bits per heavy atom. The van der Waals surface area contributed by atoms with Crippen molar-refractivity contribution in [1.82, 2.24) is 15.2 Å². The van der Waals surface area contributed by atoms with E-state index in [1.165, 1.54) is 0 Å². The van der Waals surface area contributed by atoms with Gasteiger partial charge in [0.15, 0.2) is 5.65 Å². The molecule has 0 bridgehead atoms. The first kappa shape index (κ1) is 16.0. The van der Waals surface area contributed by atoms with E-state index in [0.717, 1.165) is 40.6 Å². The smallest absolute Gasteiger partial charge is 0.182 e. The van der Waals surface area contributed by atoms with Crippen LogP contribution >= 0.6 is 0 Å². The number of hydrogen-bond donors (Lipinski definition) is 1. The Balaban J connectivity index is 2.13. The summed E-state index contributed by atoms with van der Waals surface area (Å²) >= 11 is 0. The molecule has 4 heteroatoms. The highest BCUT2D eigenvalue weighted by Gasteiger charge is 2.21. The maximum absolute atomic E-state index is 10.0. The van der Waals surface area contributed by atoms with Crippen molar-refractivity contribution >= 4 is 11.0 Å². The molecule has 0 radical (unpaired) electrons. The lowest BCUT2D eigenvalue weighted by molar-refractivity contribution is 0.873. The topological polar surface area (TPSA) is 65.4 Å². The number of hydrogen-bond acceptors (Lipinski definition) is 3. The fraction of sp³-hybridized carbons (Fsp3) is 0.136. The van der Waals surface area contributed by atoms with Gasteiger partial charge in [0.05, 0.1) is 16.6 Å². The highest BCUT2D eigenvalue weighted by Crippen LogP contribution is 2.37. The van der Waals surface area contributed by atoms with Gasteiger partial charge in [-0.2, -0.15) is 10.4 Å². The standard InChI is InChI=1S/C22H18N4/c1-2-9-18-20-19(15-10-5-3-6-11-15)17(14-23)21(24-22(20)26-25-18)16-12-7-4-8-13-16/h3-8,10-13H,2,9H2,1H3,(H,24,25,26). The lowest BCUT2D eigenvalue weighted by atomic mass is 9.93. The molecule has 26 heavy (non-hydrogen) atoms. The molecule has 0 spiro atoms. The van der Waals surface area contributed by atoms with Gasteiger partial charge in [0, 0.05) is 16.8 Å². The predicted octanol–water partition coefficient (Wildman–Crippen LogP) is 5.12. The number of aryl methyl sites for hydroxylation is 1. The number of aromatic amines is 1. The molecular weight excluding hydrogens is 320 g/mol. The number of nitrogens with one attached hydrogen (secondary N) is 1. The van der Waals surface area contributed by atoms with Gasteiger partial charge in [-0.05, 0) is 12.0 Å². The molecule has 4 rings (SSSR count). The molecule has 2 aromatic heterocycles. The van der Waals surface area contributed by atoms with Gasteiger partial charge in [0.25, 0.3) is 0 Å². The van der Waals surface area contributed by atoms with Crippen molar-refractivity contribution in [3.05, 3.63) is 71.9 Å². The SMILES string of the molecule is CCCc1[nH]nc2nc(-c3ccccc3)c(C#N)c(-c3ccccc3)c12. The molecule has 0 aliphatic heterocycles. The predicted molar refractivity (Wildman–Crippen MR) is 103 cm³/mol. The quantitative estimate of drug-likeness (QED) is 0.562. The third-order valence-corrected chi connectivity index (χ3v) is 4.50. The number of benzene rings is 2. The Labute approximate surface area is 152 Å². The summed E-state index contributed by atoms with van der Waals surface area (Å²) in [7, 11) is 0. The number of pyridine rings is 1. The minimum Gasteiger partial charge on any atom is -0.280 e. The summed E-state index contributed by atoms with van der Waals surface area (Å²) in [6, 6.07) is 22.3. The summed E-state index contributed by atoms with van der Waals surface area (Å²) in [4.78, 5) is 4.74. The third-order valence-electron chi connectivity index (χ3n) is 4.50. The van der Waals surface area contributed by atoms with E-state index >= 15 is 0 Å². The second-order valence-electron chi connectivity index (χ2n) is 6.21. The molecule has 4 aromatic rings. The second kappa shape index (κ2) is 6.81. The number of H-pyrrole nitrogens is 1. The van der Waals surface area contributed by atoms with Crippen LogP contribution in [-0.2, 0) is 6.42 Å². The summed E-state index contributed by atoms with van der Waals surface area (Å²) in [6.45, 7) is 2.13. The Kier molecular flexibility index (Phi) is 4.20. The number of rotatable bonds is 4. The Morgan fingerprint density at radius 3 is 2.23 bits per heavy atom. The van der Waals surface area contributed by atoms with E-state index in [0.29, 0.717) is 16.9 Å². The molecule has 126 valence electrons. The molecule has 2 aromatic carbocycles. The third kappa shape index (κ3) is 2.64. The van der Waals surface area contributed by atoms with Crippen molar-refractivity contribution in [2.75, 3.05) is 0 Å². The number of fused-ring (bicyclic) bond motifs is 1. The normalized spacial score (nSPS) is 10.8. The van der Waals surface area contributed by atoms with E-state index in [9.17, 15) is 5.26 Å². The van der Waals surface area contributed by atoms with Crippen LogP contribution in [0.2, 0.25) is 0 Å². The molecule has 0 saturated heterocycles. The molecule has 0 aliphatic carbocycles. The monoisotopic (exact) mass is 338 g/mol. The lowest BCUT2D eigenvalue weighted by Crippen LogP contribution is -1.97. The minimum atomic E-state index is 0.591. The summed E-state index contributed by atoms with van der Waals surface area (Å²) in [6.07, 6.45) is 1.86. The first-order valence-electron chi connectivity index (χ1n) is 8.75. The van der Waals surface area contributed by atoms with Crippen LogP contribution in [0, 0.1) is 11.3 Å². The maximum atomic E-state index is 10.0. The van der Waals surface area contributed by atoms with E-state index < -0.39 is 0 Å². The number of nitrogens with zero attached hydrogens (tertiary/aromatic N) is 3. The van der Waals surface area contributed by atoms with Crippen molar-refractivity contribution in [1.29, 1.82) is 5.26 Å². The molecule has 0 unspecified atom stereocenters. The zero-order valence-electron chi connectivity index (χ0n) is 14.5. The Hall–Kier alpha value is -3.45. The van der Waals surface area contributed by atoms with Gasteiger partial charge < -0.3 is 0 Å². The van der Waals surface area contributed by atoms with E-state index in [2.05, 4.69) is 23.2 Å². The number of nitriles is 1. The zero-order valence-corrected chi connectivity index (χ0v) is 14.5. The molecular formula is C22H18N4. The van der Waals surface area contributed by atoms with Crippen LogP contribution in [0.1, 0.15) is 24.6 Å². The van der Waals surface area contributed by atoms with Crippen LogP contribution in [0.25, 0.3) is 33.4 Å². The van der Waals surface area contributed by atoms with E-state index in [1.807, 2.05) is 60.7 Å². The summed E-state index contributed by atoms with van der Waals surface area (Å²) in [5.41, 5.74) is 5.79. The highest BCUT2D eigenvalue weighted by molar-refractivity contribution is 6.00. The molecule has 4 nitrogen and oxygen atoms in total. The Morgan fingerprint density at radius 2 is 1.62 bits per heavy atom. The fourth-order valence-electron chi connectivity index (χ4n) is 3.35. The van der Waals surface area contributed by atoms with Crippen LogP contribution in [0.4, 0.5) is 0 Å². The molecule has 0 aliphatic rings. The largest absolute Gasteiger partial charge is 0.280 e. The van der Waals surface area contributed by atoms with Gasteiger partial charge in [0.1, 0.15) is 6.07 Å². The van der Waals surface area contributed by atoms with Gasteiger partial charge in [0.2, 0.25) is 0 Å². The van der Waals surface area contributed by atoms with Crippen molar-refractivity contribution in [3.63, 3.8) is 0 Å². The fourth-order valence-corrected chi connectivity index (χ4v) is 3.35. The first-order valence-corrected chi connectivity index (χ1v) is 8.75. The van der Waals surface area contributed by atoms with E-state index in [1.54, 1.807) is 0 Å². The van der Waals surface area contributed by atoms with E-state index in [-0.39, 0.29) is 0 Å². The molecule has 0 saturated carbocycles. The first-order chi connectivity index (χ1) is 12.8. The average Bonchev–Trinajstić information content (AvgIpc) is 3.10. The Bertz CT molecular complexity index is 1090. The van der Waals surface area contributed by atoms with Crippen LogP contribution in [0.15, 0.2) is 60.7 Å². The van der Waals surface area contributed by atoms with Gasteiger partial charge in [-0.1, -0.05) is 74.0 Å². The lowest BCUT2D eigenvalue weighted by Gasteiger charge is -2.12. The van der Waals surface area contributed by atoms with Gasteiger partial charge in [-0.3, -0.25) is 5.10 Å². The van der Waals surface area contributed by atoms with Gasteiger partial charge in [-0.15, -0.1) is 0 Å². The summed E-state index contributed by atoms with van der Waals surface area (Å²) in [5.74, 6) is 0. The molecule has 0 atom stereocenters. The van der Waals surface area contributed by atoms with Crippen LogP contribution in [0.5, 0.6) is 0 Å². The number of aromatic nitrogens is 3. The van der Waals surface area contributed by atoms with Crippen molar-refractivity contribution in [2.24, 2.45) is 0 Å². The average molecular weight is 338 g/mol. The molecule has 1 N–H and O–H groups in total.